The van der Waals surface area contributed by atoms with Crippen molar-refractivity contribution in [1.29, 1.82) is 0 Å². The number of benzene rings is 1. The van der Waals surface area contributed by atoms with Crippen LogP contribution in [0.3, 0.4) is 0 Å². The van der Waals surface area contributed by atoms with Gasteiger partial charge < -0.3 is 21.7 Å². The topological polar surface area (TPSA) is 147 Å². The monoisotopic (exact) mass is 435 g/mol. The number of anilines is 3. The number of nitrogens with two attached hydrogens (primary N) is 2. The number of hydrazone groups is 1. The average molecular weight is 435 g/mol. The van der Waals surface area contributed by atoms with Crippen LogP contribution >= 0.6 is 0 Å². The molecule has 2 atom stereocenters. The Morgan fingerprint density at radius 3 is 2.47 bits per heavy atom. The molecule has 1 aromatic carbocycles. The molecule has 2 aliphatic rings. The van der Waals surface area contributed by atoms with Gasteiger partial charge in [-0.3, -0.25) is 19.4 Å². The van der Waals surface area contributed by atoms with Gasteiger partial charge in [-0.25, -0.2) is 4.98 Å². The molecule has 5 N–H and O–H groups in total. The van der Waals surface area contributed by atoms with Crippen LogP contribution in [-0.4, -0.2) is 47.5 Å². The number of para-hydroxylation sites is 1. The Hall–Kier alpha value is -3.95. The van der Waals surface area contributed by atoms with Crippen LogP contribution in [0.4, 0.5) is 17.2 Å². The molecule has 3 heterocycles. The standard InChI is InChI=1S/C22H25N7O3/c23-20(30)14-5-4-10-28(13-14)19-9-8-15(12-25-19)26-22(32)17-11-18(21(24)31)29(27-17)16-6-2-1-3-7-16/h1-3,6-9,12,14,18H,4-5,10-11,13H2,(H2,23,30)(H2,24,31)(H,26,32). The molecular weight excluding hydrogens is 410 g/mol. The lowest BCUT2D eigenvalue weighted by molar-refractivity contribution is -0.122. The highest BCUT2D eigenvalue weighted by Crippen LogP contribution is 2.25. The number of piperidine rings is 1. The summed E-state index contributed by atoms with van der Waals surface area (Å²) < 4.78 is 0. The van der Waals surface area contributed by atoms with E-state index < -0.39 is 17.9 Å². The van der Waals surface area contributed by atoms with Crippen molar-refractivity contribution >= 4 is 40.6 Å². The lowest BCUT2D eigenvalue weighted by Crippen LogP contribution is -2.41. The fraction of sp³-hybridized carbons (Fsp3) is 0.318. The van der Waals surface area contributed by atoms with Gasteiger partial charge in [-0.05, 0) is 37.1 Å². The van der Waals surface area contributed by atoms with Gasteiger partial charge in [0.2, 0.25) is 11.8 Å². The maximum atomic E-state index is 12.8. The minimum atomic E-state index is -0.726. The molecule has 166 valence electrons. The molecule has 0 aliphatic carbocycles. The molecule has 2 unspecified atom stereocenters. The fourth-order valence-corrected chi connectivity index (χ4v) is 3.96. The molecule has 2 aromatic rings. The molecule has 1 aromatic heterocycles. The summed E-state index contributed by atoms with van der Waals surface area (Å²) in [7, 11) is 0. The van der Waals surface area contributed by atoms with Gasteiger partial charge in [0.05, 0.1) is 23.5 Å². The Balaban J connectivity index is 1.43. The summed E-state index contributed by atoms with van der Waals surface area (Å²) in [6, 6.07) is 11.9. The SMILES string of the molecule is NC(=O)C1CCCN(c2ccc(NC(=O)C3=NN(c4ccccc4)C(C(N)=O)C3)cn2)C1. The van der Waals surface area contributed by atoms with E-state index in [-0.39, 0.29) is 24.0 Å². The normalized spacial score (nSPS) is 20.6. The van der Waals surface area contributed by atoms with Crippen LogP contribution in [0.15, 0.2) is 53.8 Å². The maximum absolute atomic E-state index is 12.8. The Labute approximate surface area is 185 Å². The van der Waals surface area contributed by atoms with Gasteiger partial charge >= 0.3 is 0 Å². The first-order valence-corrected chi connectivity index (χ1v) is 10.4. The summed E-state index contributed by atoms with van der Waals surface area (Å²) in [6.07, 6.45) is 3.32. The van der Waals surface area contributed by atoms with E-state index in [1.165, 1.54) is 5.01 Å². The van der Waals surface area contributed by atoms with Crippen LogP contribution in [0, 0.1) is 5.92 Å². The highest BCUT2D eigenvalue weighted by atomic mass is 16.2. The number of nitrogens with zero attached hydrogens (tertiary/aromatic N) is 4. The lowest BCUT2D eigenvalue weighted by atomic mass is 9.97. The first-order valence-electron chi connectivity index (χ1n) is 10.4. The van der Waals surface area contributed by atoms with Gasteiger partial charge in [0.25, 0.3) is 5.91 Å². The molecule has 2 aliphatic heterocycles. The van der Waals surface area contributed by atoms with Crippen molar-refractivity contribution in [3.63, 3.8) is 0 Å². The lowest BCUT2D eigenvalue weighted by Gasteiger charge is -2.32. The molecule has 0 bridgehead atoms. The van der Waals surface area contributed by atoms with Crippen molar-refractivity contribution < 1.29 is 14.4 Å². The zero-order chi connectivity index (χ0) is 22.7. The van der Waals surface area contributed by atoms with E-state index in [1.54, 1.807) is 30.5 Å². The number of primary amides is 2. The molecule has 3 amide bonds. The molecule has 0 radical (unpaired) electrons. The second-order valence-corrected chi connectivity index (χ2v) is 7.90. The third-order valence-electron chi connectivity index (χ3n) is 5.68. The second kappa shape index (κ2) is 9.04. The smallest absolute Gasteiger partial charge is 0.272 e. The van der Waals surface area contributed by atoms with Gasteiger partial charge in [-0.2, -0.15) is 5.10 Å². The van der Waals surface area contributed by atoms with E-state index in [4.69, 9.17) is 11.5 Å². The van der Waals surface area contributed by atoms with Crippen molar-refractivity contribution in [2.45, 2.75) is 25.3 Å². The van der Waals surface area contributed by atoms with Gasteiger partial charge in [-0.1, -0.05) is 18.2 Å². The number of carbonyl (C=O) groups excluding carboxylic acids is 3. The number of carbonyl (C=O) groups is 3. The number of hydrogen-bond donors (Lipinski definition) is 3. The van der Waals surface area contributed by atoms with Crippen LogP contribution in [0.1, 0.15) is 19.3 Å². The van der Waals surface area contributed by atoms with Gasteiger partial charge in [-0.15, -0.1) is 0 Å². The Morgan fingerprint density at radius 1 is 1.03 bits per heavy atom. The van der Waals surface area contributed by atoms with Crippen molar-refractivity contribution in [3.05, 3.63) is 48.7 Å². The van der Waals surface area contributed by atoms with Crippen molar-refractivity contribution in [1.82, 2.24) is 4.98 Å². The first kappa shape index (κ1) is 21.3. The summed E-state index contributed by atoms with van der Waals surface area (Å²) in [5.74, 6) is -0.736. The average Bonchev–Trinajstić information content (AvgIpc) is 3.26. The zero-order valence-electron chi connectivity index (χ0n) is 17.5. The van der Waals surface area contributed by atoms with Crippen LogP contribution in [-0.2, 0) is 14.4 Å². The fourth-order valence-electron chi connectivity index (χ4n) is 3.96. The summed E-state index contributed by atoms with van der Waals surface area (Å²) in [4.78, 5) is 42.6. The van der Waals surface area contributed by atoms with Gasteiger partial charge in [0, 0.05) is 19.5 Å². The number of hydrogen-bond acceptors (Lipinski definition) is 7. The van der Waals surface area contributed by atoms with E-state index in [9.17, 15) is 14.4 Å². The third-order valence-corrected chi connectivity index (χ3v) is 5.68. The van der Waals surface area contributed by atoms with E-state index in [0.29, 0.717) is 17.9 Å². The quantitative estimate of drug-likeness (QED) is 0.613. The maximum Gasteiger partial charge on any atom is 0.272 e. The number of amides is 3. The van der Waals surface area contributed by atoms with E-state index in [0.717, 1.165) is 25.2 Å². The summed E-state index contributed by atoms with van der Waals surface area (Å²) in [6.45, 7) is 1.33. The molecule has 0 spiro atoms. The molecule has 10 heteroatoms. The van der Waals surface area contributed by atoms with Crippen LogP contribution in [0.5, 0.6) is 0 Å². The van der Waals surface area contributed by atoms with Gasteiger partial charge in [0.1, 0.15) is 17.6 Å². The van der Waals surface area contributed by atoms with Crippen LogP contribution in [0.2, 0.25) is 0 Å². The van der Waals surface area contributed by atoms with E-state index in [1.807, 2.05) is 23.1 Å². The van der Waals surface area contributed by atoms with Crippen molar-refractivity contribution in [2.75, 3.05) is 28.3 Å². The highest BCUT2D eigenvalue weighted by molar-refractivity contribution is 6.44. The third kappa shape index (κ3) is 4.53. The zero-order valence-corrected chi connectivity index (χ0v) is 17.5. The second-order valence-electron chi connectivity index (χ2n) is 7.90. The summed E-state index contributed by atoms with van der Waals surface area (Å²) >= 11 is 0. The predicted octanol–water partition coefficient (Wildman–Crippen LogP) is 0.842. The minimum Gasteiger partial charge on any atom is -0.369 e. The summed E-state index contributed by atoms with van der Waals surface area (Å²) in [5.41, 5.74) is 12.4. The molecule has 0 saturated carbocycles. The Morgan fingerprint density at radius 2 is 1.81 bits per heavy atom. The number of aromatic nitrogens is 1. The van der Waals surface area contributed by atoms with Crippen LogP contribution < -0.4 is 26.7 Å². The molecule has 32 heavy (non-hydrogen) atoms. The Kier molecular flexibility index (Phi) is 6.02. The van der Waals surface area contributed by atoms with E-state index >= 15 is 0 Å². The van der Waals surface area contributed by atoms with Crippen molar-refractivity contribution in [2.24, 2.45) is 22.5 Å². The minimum absolute atomic E-state index is 0.115. The van der Waals surface area contributed by atoms with E-state index in [2.05, 4.69) is 15.4 Å². The molecule has 1 fully saturated rings. The first-order chi connectivity index (χ1) is 15.4. The largest absolute Gasteiger partial charge is 0.369 e. The van der Waals surface area contributed by atoms with Gasteiger partial charge in [0.15, 0.2) is 0 Å². The summed E-state index contributed by atoms with van der Waals surface area (Å²) in [5, 5.41) is 8.58. The molecule has 1 saturated heterocycles. The van der Waals surface area contributed by atoms with Crippen molar-refractivity contribution in [3.8, 4) is 0 Å². The predicted molar refractivity (Wildman–Crippen MR) is 121 cm³/mol. The van der Waals surface area contributed by atoms with Crippen LogP contribution in [0.25, 0.3) is 0 Å². The highest BCUT2D eigenvalue weighted by Gasteiger charge is 2.35. The molecular formula is C22H25N7O3. The molecule has 4 rings (SSSR count). The molecule has 10 nitrogen and oxygen atoms in total. The number of nitrogens with one attached hydrogen (secondary N) is 1. The Bertz CT molecular complexity index is 1040. The number of pyridine rings is 1. The number of rotatable bonds is 6.